The molecule has 4 rings (SSSR count). The van der Waals surface area contributed by atoms with Crippen LogP contribution in [0, 0.1) is 5.92 Å². The molecule has 154 valence electrons. The Labute approximate surface area is 173 Å². The summed E-state index contributed by atoms with van der Waals surface area (Å²) in [6, 6.07) is 14.0. The van der Waals surface area contributed by atoms with Crippen LogP contribution in [-0.4, -0.2) is 46.1 Å². The Kier molecular flexibility index (Phi) is 5.59. The van der Waals surface area contributed by atoms with E-state index in [4.69, 9.17) is 0 Å². The molecule has 1 saturated carbocycles. The number of rotatable bonds is 4. The predicted molar refractivity (Wildman–Crippen MR) is 115 cm³/mol. The zero-order valence-corrected chi connectivity index (χ0v) is 17.4. The van der Waals surface area contributed by atoms with Gasteiger partial charge in [0.25, 0.3) is 5.91 Å². The lowest BCUT2D eigenvalue weighted by Crippen LogP contribution is -2.50. The summed E-state index contributed by atoms with van der Waals surface area (Å²) < 4.78 is 0. The minimum absolute atomic E-state index is 0.0373. The smallest absolute Gasteiger partial charge is 0.255 e. The second kappa shape index (κ2) is 8.15. The highest BCUT2D eigenvalue weighted by Gasteiger charge is 2.44. The van der Waals surface area contributed by atoms with Crippen molar-refractivity contribution < 1.29 is 9.90 Å². The summed E-state index contributed by atoms with van der Waals surface area (Å²) in [5, 5.41) is 10.9. The molecule has 1 aliphatic carbocycles. The zero-order valence-electron chi connectivity index (χ0n) is 17.4. The van der Waals surface area contributed by atoms with E-state index < -0.39 is 5.60 Å². The van der Waals surface area contributed by atoms with Crippen molar-refractivity contribution in [2.24, 2.45) is 5.92 Å². The Hall–Kier alpha value is -2.40. The third-order valence-corrected chi connectivity index (χ3v) is 6.75. The quantitative estimate of drug-likeness (QED) is 0.837. The van der Waals surface area contributed by atoms with Gasteiger partial charge in [0.1, 0.15) is 5.82 Å². The number of hydrogen-bond acceptors (Lipinski definition) is 4. The Morgan fingerprint density at radius 1 is 1.14 bits per heavy atom. The Morgan fingerprint density at radius 2 is 1.93 bits per heavy atom. The number of aromatic nitrogens is 1. The van der Waals surface area contributed by atoms with Gasteiger partial charge in [-0.2, -0.15) is 0 Å². The van der Waals surface area contributed by atoms with E-state index in [-0.39, 0.29) is 17.9 Å². The van der Waals surface area contributed by atoms with Crippen molar-refractivity contribution in [1.82, 2.24) is 9.88 Å². The molecule has 3 atom stereocenters. The molecule has 1 aromatic carbocycles. The second-order valence-electron chi connectivity index (χ2n) is 8.72. The van der Waals surface area contributed by atoms with E-state index in [0.717, 1.165) is 56.6 Å². The minimum Gasteiger partial charge on any atom is -0.390 e. The fraction of sp³-hybridized carbons (Fsp3) is 0.500. The fourth-order valence-corrected chi connectivity index (χ4v) is 5.07. The fourth-order valence-electron chi connectivity index (χ4n) is 5.07. The van der Waals surface area contributed by atoms with Gasteiger partial charge in [0, 0.05) is 37.4 Å². The van der Waals surface area contributed by atoms with Gasteiger partial charge in [0.15, 0.2) is 0 Å². The first-order valence-corrected chi connectivity index (χ1v) is 10.8. The standard InChI is InChI=1S/C24H31N3O2/c1-24(29)15-7-6-11-20(24)21-12-8-16-27(21)23(28)18-13-14-22(25-17-18)26(2)19-9-4-3-5-10-19/h3-5,9-10,13-14,17,20-21,29H,6-8,11-12,15-16H2,1-2H3. The summed E-state index contributed by atoms with van der Waals surface area (Å²) >= 11 is 0. The molecular weight excluding hydrogens is 362 g/mol. The third kappa shape index (κ3) is 4.01. The highest BCUT2D eigenvalue weighted by molar-refractivity contribution is 5.94. The van der Waals surface area contributed by atoms with E-state index in [2.05, 4.69) is 4.98 Å². The molecule has 0 spiro atoms. The average molecular weight is 394 g/mol. The SMILES string of the molecule is CN(c1ccccc1)c1ccc(C(=O)N2CCCC2C2CCCCC2(C)O)cn1. The van der Waals surface area contributed by atoms with Crippen LogP contribution in [-0.2, 0) is 0 Å². The Bertz CT molecular complexity index is 835. The van der Waals surface area contributed by atoms with Crippen molar-refractivity contribution in [2.75, 3.05) is 18.5 Å². The van der Waals surface area contributed by atoms with Crippen LogP contribution in [0.5, 0.6) is 0 Å². The molecule has 1 N–H and O–H groups in total. The van der Waals surface area contributed by atoms with Gasteiger partial charge in [-0.15, -0.1) is 0 Å². The van der Waals surface area contributed by atoms with E-state index >= 15 is 0 Å². The predicted octanol–water partition coefficient (Wildman–Crippen LogP) is 4.40. The van der Waals surface area contributed by atoms with E-state index in [1.165, 1.54) is 0 Å². The van der Waals surface area contributed by atoms with Gasteiger partial charge >= 0.3 is 0 Å². The van der Waals surface area contributed by atoms with E-state index in [0.29, 0.717) is 5.56 Å². The third-order valence-electron chi connectivity index (χ3n) is 6.75. The molecular formula is C24H31N3O2. The van der Waals surface area contributed by atoms with Crippen molar-refractivity contribution in [3.8, 4) is 0 Å². The van der Waals surface area contributed by atoms with E-state index in [1.807, 2.05) is 66.2 Å². The van der Waals surface area contributed by atoms with Gasteiger partial charge in [-0.3, -0.25) is 4.79 Å². The summed E-state index contributed by atoms with van der Waals surface area (Å²) in [4.78, 5) is 21.8. The molecule has 1 aromatic heterocycles. The number of aliphatic hydroxyl groups is 1. The number of amides is 1. The number of nitrogens with zero attached hydrogens (tertiary/aromatic N) is 3. The van der Waals surface area contributed by atoms with Crippen molar-refractivity contribution in [1.29, 1.82) is 0 Å². The Morgan fingerprint density at radius 3 is 2.62 bits per heavy atom. The molecule has 5 nitrogen and oxygen atoms in total. The first kappa shape index (κ1) is 19.9. The molecule has 0 radical (unpaired) electrons. The largest absolute Gasteiger partial charge is 0.390 e. The number of para-hydroxylation sites is 1. The molecule has 3 unspecified atom stereocenters. The number of anilines is 2. The molecule has 1 saturated heterocycles. The minimum atomic E-state index is -0.674. The van der Waals surface area contributed by atoms with Crippen molar-refractivity contribution in [3.05, 3.63) is 54.2 Å². The molecule has 2 heterocycles. The maximum atomic E-state index is 13.3. The van der Waals surface area contributed by atoms with Gasteiger partial charge in [-0.25, -0.2) is 4.98 Å². The van der Waals surface area contributed by atoms with E-state index in [1.54, 1.807) is 6.20 Å². The number of likely N-dealkylation sites (tertiary alicyclic amines) is 1. The molecule has 1 amide bonds. The van der Waals surface area contributed by atoms with Gasteiger partial charge in [0.05, 0.1) is 11.2 Å². The molecule has 1 aliphatic heterocycles. The first-order chi connectivity index (χ1) is 14.0. The molecule has 2 aliphatic rings. The van der Waals surface area contributed by atoms with Crippen molar-refractivity contribution >= 4 is 17.4 Å². The summed E-state index contributed by atoms with van der Waals surface area (Å²) in [6.07, 6.45) is 7.72. The van der Waals surface area contributed by atoms with E-state index in [9.17, 15) is 9.90 Å². The number of carbonyl (C=O) groups excluding carboxylic acids is 1. The van der Waals surface area contributed by atoms with Crippen LogP contribution < -0.4 is 4.90 Å². The lowest BCUT2D eigenvalue weighted by molar-refractivity contribution is -0.0577. The lowest BCUT2D eigenvalue weighted by Gasteiger charge is -2.43. The van der Waals surface area contributed by atoms with Crippen LogP contribution in [0.3, 0.4) is 0 Å². The van der Waals surface area contributed by atoms with Crippen molar-refractivity contribution in [3.63, 3.8) is 0 Å². The summed E-state index contributed by atoms with van der Waals surface area (Å²) in [7, 11) is 1.97. The summed E-state index contributed by atoms with van der Waals surface area (Å²) in [5.74, 6) is 1.01. The van der Waals surface area contributed by atoms with Gasteiger partial charge in [0.2, 0.25) is 0 Å². The van der Waals surface area contributed by atoms with Crippen LogP contribution in [0.25, 0.3) is 0 Å². The van der Waals surface area contributed by atoms with Gasteiger partial charge in [-0.1, -0.05) is 31.0 Å². The van der Waals surface area contributed by atoms with Crippen LogP contribution in [0.1, 0.15) is 55.8 Å². The first-order valence-electron chi connectivity index (χ1n) is 10.8. The number of hydrogen-bond donors (Lipinski definition) is 1. The Balaban J connectivity index is 1.50. The summed E-state index contributed by atoms with van der Waals surface area (Å²) in [6.45, 7) is 2.72. The van der Waals surface area contributed by atoms with Crippen molar-refractivity contribution in [2.45, 2.75) is 57.1 Å². The molecule has 2 aromatic rings. The van der Waals surface area contributed by atoms with Gasteiger partial charge < -0.3 is 14.9 Å². The van der Waals surface area contributed by atoms with Crippen LogP contribution in [0.15, 0.2) is 48.7 Å². The molecule has 29 heavy (non-hydrogen) atoms. The summed E-state index contributed by atoms with van der Waals surface area (Å²) in [5.41, 5.74) is 1.00. The second-order valence-corrected chi connectivity index (χ2v) is 8.72. The number of benzene rings is 1. The highest BCUT2D eigenvalue weighted by atomic mass is 16.3. The number of pyridine rings is 1. The monoisotopic (exact) mass is 393 g/mol. The normalized spacial score (nSPS) is 27.1. The highest BCUT2D eigenvalue weighted by Crippen LogP contribution is 2.41. The maximum absolute atomic E-state index is 13.3. The average Bonchev–Trinajstić information content (AvgIpc) is 3.22. The van der Waals surface area contributed by atoms with Crippen LogP contribution in [0.4, 0.5) is 11.5 Å². The lowest BCUT2D eigenvalue weighted by atomic mass is 9.72. The molecule has 2 fully saturated rings. The maximum Gasteiger partial charge on any atom is 0.255 e. The topological polar surface area (TPSA) is 56.7 Å². The number of carbonyl (C=O) groups is 1. The van der Waals surface area contributed by atoms with Crippen LogP contribution in [0.2, 0.25) is 0 Å². The van der Waals surface area contributed by atoms with Gasteiger partial charge in [-0.05, 0) is 56.9 Å². The molecule has 5 heteroatoms. The zero-order chi connectivity index (χ0) is 20.4. The van der Waals surface area contributed by atoms with Crippen LogP contribution >= 0.6 is 0 Å². The molecule has 0 bridgehead atoms.